The molecule has 3 rings (SSSR count). The van der Waals surface area contributed by atoms with E-state index in [1.54, 1.807) is 0 Å². The van der Waals surface area contributed by atoms with Gasteiger partial charge in [0.05, 0.1) is 0 Å². The van der Waals surface area contributed by atoms with E-state index in [1.165, 1.54) is 5.56 Å². The van der Waals surface area contributed by atoms with Crippen LogP contribution in [0.4, 0.5) is 0 Å². The molecule has 4 nitrogen and oxygen atoms in total. The van der Waals surface area contributed by atoms with Crippen LogP contribution in [0.5, 0.6) is 11.5 Å². The summed E-state index contributed by atoms with van der Waals surface area (Å²) in [6, 6.07) is 4.59. The molecule has 1 atom stereocenters. The maximum absolute atomic E-state index is 5.50. The Morgan fingerprint density at radius 2 is 1.81 bits per heavy atom. The molecule has 0 saturated carbocycles. The van der Waals surface area contributed by atoms with E-state index in [0.29, 0.717) is 12.8 Å². The van der Waals surface area contributed by atoms with E-state index in [-0.39, 0.29) is 24.8 Å². The molecule has 1 saturated heterocycles. The molecular weight excluding hydrogens is 379 g/mol. The van der Waals surface area contributed by atoms with E-state index in [1.807, 2.05) is 6.07 Å². The molecule has 2 heterocycles. The standard InChI is InChI=1S/C14H19BrN2O2.2ClH/c1-2-12(17-5-3-16-4-6-17)10-7-13-14(8-11(10)15)19-9-18-13;;/h7-8,12,16H,2-6,9H2,1H3;2*1H/t12-;;/m0../s1. The van der Waals surface area contributed by atoms with Crippen molar-refractivity contribution < 1.29 is 9.47 Å². The Hall–Kier alpha value is -0.200. The van der Waals surface area contributed by atoms with Crippen LogP contribution in [0.2, 0.25) is 0 Å². The molecule has 0 aromatic heterocycles. The summed E-state index contributed by atoms with van der Waals surface area (Å²) in [4.78, 5) is 2.54. The molecule has 0 aliphatic carbocycles. The topological polar surface area (TPSA) is 33.7 Å². The van der Waals surface area contributed by atoms with Crippen LogP contribution >= 0.6 is 40.7 Å². The number of piperazine rings is 1. The highest BCUT2D eigenvalue weighted by Crippen LogP contribution is 2.41. The third kappa shape index (κ3) is 3.96. The largest absolute Gasteiger partial charge is 0.454 e. The molecule has 2 aliphatic rings. The van der Waals surface area contributed by atoms with Crippen molar-refractivity contribution in [2.24, 2.45) is 0 Å². The summed E-state index contributed by atoms with van der Waals surface area (Å²) in [6.07, 6.45) is 1.10. The average molecular weight is 400 g/mol. The monoisotopic (exact) mass is 398 g/mol. The fourth-order valence-corrected chi connectivity index (χ4v) is 3.44. The molecule has 21 heavy (non-hydrogen) atoms. The van der Waals surface area contributed by atoms with Crippen LogP contribution < -0.4 is 14.8 Å². The van der Waals surface area contributed by atoms with Crippen molar-refractivity contribution in [1.29, 1.82) is 0 Å². The summed E-state index contributed by atoms with van der Waals surface area (Å²) in [6.45, 7) is 6.90. The highest BCUT2D eigenvalue weighted by atomic mass is 79.9. The smallest absolute Gasteiger partial charge is 0.231 e. The van der Waals surface area contributed by atoms with Crippen LogP contribution in [-0.2, 0) is 0 Å². The second-order valence-corrected chi connectivity index (χ2v) is 5.79. The Bertz CT molecular complexity index is 471. The molecule has 7 heteroatoms. The highest BCUT2D eigenvalue weighted by molar-refractivity contribution is 9.10. The second kappa shape index (κ2) is 8.44. The Kier molecular flexibility index (Phi) is 7.57. The van der Waals surface area contributed by atoms with E-state index < -0.39 is 0 Å². The molecule has 1 aromatic rings. The van der Waals surface area contributed by atoms with Crippen molar-refractivity contribution >= 4 is 40.7 Å². The zero-order valence-electron chi connectivity index (χ0n) is 11.9. The number of nitrogens with zero attached hydrogens (tertiary/aromatic N) is 1. The van der Waals surface area contributed by atoms with Crippen molar-refractivity contribution in [2.75, 3.05) is 33.0 Å². The molecule has 2 aliphatic heterocycles. The van der Waals surface area contributed by atoms with Gasteiger partial charge >= 0.3 is 0 Å². The Morgan fingerprint density at radius 3 is 2.43 bits per heavy atom. The van der Waals surface area contributed by atoms with Crippen molar-refractivity contribution in [3.05, 3.63) is 22.2 Å². The third-order valence-corrected chi connectivity index (χ3v) is 4.52. The van der Waals surface area contributed by atoms with Gasteiger partial charge in [0.2, 0.25) is 6.79 Å². The first-order valence-corrected chi connectivity index (χ1v) is 7.62. The number of benzene rings is 1. The SMILES string of the molecule is CC[C@@H](c1cc2c(cc1Br)OCO2)N1CCNCC1.Cl.Cl. The zero-order chi connectivity index (χ0) is 13.2. The molecule has 0 unspecified atom stereocenters. The Balaban J connectivity index is 0.00000110. The average Bonchev–Trinajstić information content (AvgIpc) is 2.88. The first-order valence-electron chi connectivity index (χ1n) is 6.83. The van der Waals surface area contributed by atoms with Crippen LogP contribution in [0.25, 0.3) is 0 Å². The maximum atomic E-state index is 5.50. The molecule has 0 bridgehead atoms. The number of rotatable bonds is 3. The first-order chi connectivity index (χ1) is 9.29. The molecule has 1 N–H and O–H groups in total. The van der Waals surface area contributed by atoms with Crippen molar-refractivity contribution in [1.82, 2.24) is 10.2 Å². The van der Waals surface area contributed by atoms with Gasteiger partial charge in [0.25, 0.3) is 0 Å². The summed E-state index contributed by atoms with van der Waals surface area (Å²) in [5.41, 5.74) is 1.30. The summed E-state index contributed by atoms with van der Waals surface area (Å²) in [7, 11) is 0. The lowest BCUT2D eigenvalue weighted by molar-refractivity contribution is 0.167. The van der Waals surface area contributed by atoms with Gasteiger partial charge in [-0.1, -0.05) is 22.9 Å². The Labute approximate surface area is 146 Å². The van der Waals surface area contributed by atoms with Gasteiger partial charge in [-0.2, -0.15) is 0 Å². The fraction of sp³-hybridized carbons (Fsp3) is 0.571. The zero-order valence-corrected chi connectivity index (χ0v) is 15.2. The number of fused-ring (bicyclic) bond motifs is 1. The number of hydrogen-bond acceptors (Lipinski definition) is 4. The highest BCUT2D eigenvalue weighted by Gasteiger charge is 2.25. The predicted molar refractivity (Wildman–Crippen MR) is 92.2 cm³/mol. The second-order valence-electron chi connectivity index (χ2n) is 4.94. The van der Waals surface area contributed by atoms with Gasteiger partial charge in [-0.15, -0.1) is 24.8 Å². The molecular formula is C14H21BrCl2N2O2. The van der Waals surface area contributed by atoms with Crippen LogP contribution in [0, 0.1) is 0 Å². The minimum Gasteiger partial charge on any atom is -0.454 e. The lowest BCUT2D eigenvalue weighted by Gasteiger charge is -2.35. The molecule has 120 valence electrons. The van der Waals surface area contributed by atoms with E-state index in [2.05, 4.69) is 39.1 Å². The third-order valence-electron chi connectivity index (χ3n) is 3.83. The summed E-state index contributed by atoms with van der Waals surface area (Å²) >= 11 is 3.68. The summed E-state index contributed by atoms with van der Waals surface area (Å²) in [5, 5.41) is 3.40. The van der Waals surface area contributed by atoms with E-state index in [0.717, 1.165) is 48.6 Å². The number of nitrogens with one attached hydrogen (secondary N) is 1. The fourth-order valence-electron chi connectivity index (χ4n) is 2.86. The van der Waals surface area contributed by atoms with E-state index >= 15 is 0 Å². The number of ether oxygens (including phenoxy) is 2. The molecule has 0 radical (unpaired) electrons. The van der Waals surface area contributed by atoms with Crippen LogP contribution in [0.15, 0.2) is 16.6 Å². The van der Waals surface area contributed by atoms with Crippen LogP contribution in [-0.4, -0.2) is 37.9 Å². The summed E-state index contributed by atoms with van der Waals surface area (Å²) < 4.78 is 12.0. The maximum Gasteiger partial charge on any atom is 0.231 e. The van der Waals surface area contributed by atoms with Gasteiger partial charge in [-0.05, 0) is 24.1 Å². The van der Waals surface area contributed by atoms with Gasteiger partial charge in [-0.25, -0.2) is 0 Å². The first kappa shape index (κ1) is 18.8. The summed E-state index contributed by atoms with van der Waals surface area (Å²) in [5.74, 6) is 1.71. The number of hydrogen-bond donors (Lipinski definition) is 1. The normalized spacial score (nSPS) is 18.6. The molecule has 1 aromatic carbocycles. The lowest BCUT2D eigenvalue weighted by Crippen LogP contribution is -2.45. The van der Waals surface area contributed by atoms with Crippen molar-refractivity contribution in [3.8, 4) is 11.5 Å². The van der Waals surface area contributed by atoms with E-state index in [4.69, 9.17) is 9.47 Å². The van der Waals surface area contributed by atoms with Gasteiger partial charge in [0, 0.05) is 36.7 Å². The van der Waals surface area contributed by atoms with Gasteiger partial charge < -0.3 is 14.8 Å². The minimum atomic E-state index is 0. The van der Waals surface area contributed by atoms with Gasteiger partial charge in [0.1, 0.15) is 0 Å². The van der Waals surface area contributed by atoms with Gasteiger partial charge in [-0.3, -0.25) is 4.90 Å². The van der Waals surface area contributed by atoms with Crippen LogP contribution in [0.3, 0.4) is 0 Å². The Morgan fingerprint density at radius 1 is 1.19 bits per heavy atom. The minimum absolute atomic E-state index is 0. The molecule has 0 amide bonds. The van der Waals surface area contributed by atoms with E-state index in [9.17, 15) is 0 Å². The lowest BCUT2D eigenvalue weighted by atomic mass is 10.0. The molecule has 0 spiro atoms. The molecule has 1 fully saturated rings. The van der Waals surface area contributed by atoms with Crippen molar-refractivity contribution in [2.45, 2.75) is 19.4 Å². The van der Waals surface area contributed by atoms with Crippen LogP contribution in [0.1, 0.15) is 24.9 Å². The predicted octanol–water partition coefficient (Wildman–Crippen LogP) is 3.38. The quantitative estimate of drug-likeness (QED) is 0.844. The van der Waals surface area contributed by atoms with Crippen molar-refractivity contribution in [3.63, 3.8) is 0 Å². The van der Waals surface area contributed by atoms with Gasteiger partial charge in [0.15, 0.2) is 11.5 Å². The number of halogens is 3.